The molecule has 2 aliphatic rings. The Labute approximate surface area is 103 Å². The molecule has 0 bridgehead atoms. The van der Waals surface area contributed by atoms with Crippen LogP contribution in [0, 0.1) is 11.8 Å². The van der Waals surface area contributed by atoms with Crippen LogP contribution in [0.1, 0.15) is 25.7 Å². The van der Waals surface area contributed by atoms with E-state index in [2.05, 4.69) is 10.4 Å². The summed E-state index contributed by atoms with van der Waals surface area (Å²) in [6.07, 6.45) is 3.69. The van der Waals surface area contributed by atoms with E-state index >= 15 is 0 Å². The summed E-state index contributed by atoms with van der Waals surface area (Å²) in [6.45, 7) is -1.02. The SMILES string of the molecule is FC(F)(F)Cn1cc(NC(C2CC2)C2CC2)cn1. The van der Waals surface area contributed by atoms with Gasteiger partial charge in [0.2, 0.25) is 0 Å². The second-order valence-corrected chi connectivity index (χ2v) is 5.39. The molecule has 1 N–H and O–H groups in total. The molecule has 0 aliphatic heterocycles. The monoisotopic (exact) mass is 259 g/mol. The molecule has 0 saturated heterocycles. The lowest BCUT2D eigenvalue weighted by molar-refractivity contribution is -0.142. The standard InChI is InChI=1S/C12H16F3N3/c13-12(14,15)7-18-6-10(5-16-18)17-11(8-1-2-8)9-3-4-9/h5-6,8-9,11,17H,1-4,7H2. The van der Waals surface area contributed by atoms with Crippen LogP contribution in [0.2, 0.25) is 0 Å². The van der Waals surface area contributed by atoms with Gasteiger partial charge in [-0.2, -0.15) is 18.3 Å². The van der Waals surface area contributed by atoms with Gasteiger partial charge in [-0.05, 0) is 37.5 Å². The topological polar surface area (TPSA) is 29.9 Å². The number of rotatable bonds is 5. The number of alkyl halides is 3. The second kappa shape index (κ2) is 4.17. The zero-order valence-corrected chi connectivity index (χ0v) is 9.95. The van der Waals surface area contributed by atoms with E-state index in [9.17, 15) is 13.2 Å². The first-order chi connectivity index (χ1) is 8.51. The predicted octanol–water partition coefficient (Wildman–Crippen LogP) is 3.05. The Bertz CT molecular complexity index is 406. The van der Waals surface area contributed by atoms with Crippen LogP contribution in [0.4, 0.5) is 18.9 Å². The number of anilines is 1. The number of halogens is 3. The summed E-state index contributed by atoms with van der Waals surface area (Å²) in [5, 5.41) is 7.11. The lowest BCUT2D eigenvalue weighted by Crippen LogP contribution is -2.24. The van der Waals surface area contributed by atoms with Gasteiger partial charge in [0, 0.05) is 12.2 Å². The molecule has 0 amide bonds. The van der Waals surface area contributed by atoms with Gasteiger partial charge in [0.1, 0.15) is 6.54 Å². The van der Waals surface area contributed by atoms with Crippen molar-refractivity contribution in [3.63, 3.8) is 0 Å². The molecule has 0 aromatic carbocycles. The molecule has 2 aliphatic carbocycles. The van der Waals surface area contributed by atoms with Crippen LogP contribution >= 0.6 is 0 Å². The Balaban J connectivity index is 1.62. The van der Waals surface area contributed by atoms with Crippen LogP contribution in [0.25, 0.3) is 0 Å². The van der Waals surface area contributed by atoms with Crippen LogP contribution in [0.15, 0.2) is 12.4 Å². The van der Waals surface area contributed by atoms with Crippen LogP contribution in [-0.2, 0) is 6.54 Å². The number of aromatic nitrogens is 2. The highest BCUT2D eigenvalue weighted by Crippen LogP contribution is 2.45. The summed E-state index contributed by atoms with van der Waals surface area (Å²) in [7, 11) is 0. The Morgan fingerprint density at radius 2 is 1.89 bits per heavy atom. The molecule has 6 heteroatoms. The van der Waals surface area contributed by atoms with E-state index in [4.69, 9.17) is 0 Å². The van der Waals surface area contributed by atoms with E-state index in [1.807, 2.05) is 0 Å². The third kappa shape index (κ3) is 2.97. The number of nitrogens with one attached hydrogen (secondary N) is 1. The highest BCUT2D eigenvalue weighted by molar-refractivity contribution is 5.40. The van der Waals surface area contributed by atoms with Crippen molar-refractivity contribution in [2.45, 2.75) is 44.4 Å². The van der Waals surface area contributed by atoms with Crippen molar-refractivity contribution in [2.75, 3.05) is 5.32 Å². The van der Waals surface area contributed by atoms with Crippen molar-refractivity contribution in [1.29, 1.82) is 0 Å². The first-order valence-electron chi connectivity index (χ1n) is 6.37. The first kappa shape index (κ1) is 11.9. The molecule has 0 spiro atoms. The van der Waals surface area contributed by atoms with Crippen LogP contribution < -0.4 is 5.32 Å². The quantitative estimate of drug-likeness (QED) is 0.880. The minimum Gasteiger partial charge on any atom is -0.379 e. The van der Waals surface area contributed by atoms with Gasteiger partial charge in [-0.25, -0.2) is 0 Å². The largest absolute Gasteiger partial charge is 0.408 e. The molecule has 1 aromatic rings. The lowest BCUT2D eigenvalue weighted by atomic mass is 10.1. The molecule has 18 heavy (non-hydrogen) atoms. The van der Waals surface area contributed by atoms with Crippen LogP contribution in [0.3, 0.4) is 0 Å². The summed E-state index contributed by atoms with van der Waals surface area (Å²) >= 11 is 0. The van der Waals surface area contributed by atoms with E-state index in [0.29, 0.717) is 23.6 Å². The molecule has 1 heterocycles. The van der Waals surface area contributed by atoms with E-state index in [1.165, 1.54) is 38.1 Å². The van der Waals surface area contributed by atoms with Gasteiger partial charge in [-0.1, -0.05) is 0 Å². The number of hydrogen-bond donors (Lipinski definition) is 1. The van der Waals surface area contributed by atoms with Gasteiger partial charge >= 0.3 is 6.18 Å². The maximum absolute atomic E-state index is 12.2. The van der Waals surface area contributed by atoms with Crippen molar-refractivity contribution in [3.05, 3.63) is 12.4 Å². The van der Waals surface area contributed by atoms with Gasteiger partial charge in [0.05, 0.1) is 11.9 Å². The van der Waals surface area contributed by atoms with Crippen molar-refractivity contribution in [3.8, 4) is 0 Å². The third-order valence-corrected chi connectivity index (χ3v) is 3.57. The van der Waals surface area contributed by atoms with Crippen molar-refractivity contribution >= 4 is 5.69 Å². The molecule has 0 unspecified atom stereocenters. The Kier molecular flexibility index (Phi) is 2.75. The fraction of sp³-hybridized carbons (Fsp3) is 0.750. The number of nitrogens with zero attached hydrogens (tertiary/aromatic N) is 2. The molecular weight excluding hydrogens is 243 g/mol. The highest BCUT2D eigenvalue weighted by Gasteiger charge is 2.41. The Hall–Kier alpha value is -1.20. The summed E-state index contributed by atoms with van der Waals surface area (Å²) in [4.78, 5) is 0. The molecule has 0 radical (unpaired) electrons. The summed E-state index contributed by atoms with van der Waals surface area (Å²) in [6, 6.07) is 0.438. The van der Waals surface area contributed by atoms with E-state index in [-0.39, 0.29) is 0 Å². The number of hydrogen-bond acceptors (Lipinski definition) is 2. The Morgan fingerprint density at radius 3 is 2.39 bits per heavy atom. The van der Waals surface area contributed by atoms with E-state index < -0.39 is 12.7 Å². The highest BCUT2D eigenvalue weighted by atomic mass is 19.4. The molecule has 2 fully saturated rings. The minimum absolute atomic E-state index is 0.438. The molecule has 100 valence electrons. The predicted molar refractivity (Wildman–Crippen MR) is 61.1 cm³/mol. The summed E-state index contributed by atoms with van der Waals surface area (Å²) < 4.78 is 37.6. The van der Waals surface area contributed by atoms with Gasteiger partial charge in [0.15, 0.2) is 0 Å². The van der Waals surface area contributed by atoms with Gasteiger partial charge in [0.25, 0.3) is 0 Å². The first-order valence-corrected chi connectivity index (χ1v) is 6.37. The molecule has 2 saturated carbocycles. The summed E-state index contributed by atoms with van der Waals surface area (Å²) in [5.74, 6) is 1.42. The smallest absolute Gasteiger partial charge is 0.379 e. The third-order valence-electron chi connectivity index (χ3n) is 3.57. The van der Waals surface area contributed by atoms with Gasteiger partial charge in [-0.3, -0.25) is 4.68 Å². The zero-order valence-electron chi connectivity index (χ0n) is 9.95. The second-order valence-electron chi connectivity index (χ2n) is 5.39. The van der Waals surface area contributed by atoms with Crippen molar-refractivity contribution < 1.29 is 13.2 Å². The normalized spacial score (nSPS) is 20.4. The maximum atomic E-state index is 12.2. The van der Waals surface area contributed by atoms with Crippen molar-refractivity contribution in [2.24, 2.45) is 11.8 Å². The van der Waals surface area contributed by atoms with E-state index in [1.54, 1.807) is 0 Å². The van der Waals surface area contributed by atoms with Crippen LogP contribution in [-0.4, -0.2) is 22.0 Å². The Morgan fingerprint density at radius 1 is 1.28 bits per heavy atom. The average molecular weight is 259 g/mol. The molecule has 0 atom stereocenters. The van der Waals surface area contributed by atoms with Crippen LogP contribution in [0.5, 0.6) is 0 Å². The summed E-state index contributed by atoms with van der Waals surface area (Å²) in [5.41, 5.74) is 0.711. The fourth-order valence-electron chi connectivity index (χ4n) is 2.43. The minimum atomic E-state index is -4.21. The molecule has 3 rings (SSSR count). The average Bonchev–Trinajstić information content (AvgIpc) is 3.14. The van der Waals surface area contributed by atoms with Crippen molar-refractivity contribution in [1.82, 2.24) is 9.78 Å². The molecular formula is C12H16F3N3. The maximum Gasteiger partial charge on any atom is 0.408 e. The molecule has 3 nitrogen and oxygen atoms in total. The fourth-order valence-corrected chi connectivity index (χ4v) is 2.43. The van der Waals surface area contributed by atoms with E-state index in [0.717, 1.165) is 4.68 Å². The van der Waals surface area contributed by atoms with Gasteiger partial charge in [-0.15, -0.1) is 0 Å². The molecule has 1 aromatic heterocycles. The van der Waals surface area contributed by atoms with Gasteiger partial charge < -0.3 is 5.32 Å². The zero-order chi connectivity index (χ0) is 12.8. The lowest BCUT2D eigenvalue weighted by Gasteiger charge is -2.17.